The van der Waals surface area contributed by atoms with Crippen LogP contribution in [-0.2, 0) is 4.79 Å². The minimum Gasteiger partial charge on any atom is -0.324 e. The van der Waals surface area contributed by atoms with Gasteiger partial charge >= 0.3 is 0 Å². The summed E-state index contributed by atoms with van der Waals surface area (Å²) in [6.45, 7) is 6.05. The molecule has 2 heterocycles. The minimum absolute atomic E-state index is 0.109. The van der Waals surface area contributed by atoms with Gasteiger partial charge in [0.05, 0.1) is 23.7 Å². The zero-order chi connectivity index (χ0) is 20.4. The van der Waals surface area contributed by atoms with Crippen molar-refractivity contribution in [1.29, 1.82) is 0 Å². The number of hydrogen-bond donors (Lipinski definition) is 2. The molecule has 0 bridgehead atoms. The maximum absolute atomic E-state index is 12.5. The molecule has 6 nitrogen and oxygen atoms in total. The van der Waals surface area contributed by atoms with Crippen LogP contribution in [0.4, 0.5) is 5.69 Å². The van der Waals surface area contributed by atoms with Gasteiger partial charge in [0.15, 0.2) is 0 Å². The van der Waals surface area contributed by atoms with Gasteiger partial charge in [-0.1, -0.05) is 12.1 Å². The van der Waals surface area contributed by atoms with Crippen molar-refractivity contribution in [1.82, 2.24) is 14.9 Å². The number of carbonyl (C=O) groups is 1. The first-order chi connectivity index (χ1) is 13.3. The molecule has 148 valence electrons. The number of anilines is 1. The number of carbonyl (C=O) groups excluding carboxylic acids is 1. The van der Waals surface area contributed by atoms with E-state index in [1.807, 2.05) is 63.2 Å². The van der Waals surface area contributed by atoms with E-state index in [-0.39, 0.29) is 24.1 Å². The predicted molar refractivity (Wildman–Crippen MR) is 118 cm³/mol. The molecule has 0 spiro atoms. The van der Waals surface area contributed by atoms with Crippen molar-refractivity contribution in [2.24, 2.45) is 0 Å². The first kappa shape index (κ1) is 20.6. The standard InChI is InChI=1S/C20H24N4O2S2/c1-11-13(3)28-20-17(11)19(26)22-18(23-20)12(2)24(4)10-16(25)21-14-8-6-7-9-15(14)27-5/h6-9,12H,10H2,1-5H3,(H,21,25)(H,22,23,26). The Labute approximate surface area is 172 Å². The number of thiophene rings is 1. The topological polar surface area (TPSA) is 78.1 Å². The second-order valence-electron chi connectivity index (χ2n) is 6.75. The fourth-order valence-corrected chi connectivity index (χ4v) is 4.57. The quantitative estimate of drug-likeness (QED) is 0.595. The fourth-order valence-electron chi connectivity index (χ4n) is 2.98. The third-order valence-electron chi connectivity index (χ3n) is 4.89. The Hall–Kier alpha value is -2.16. The summed E-state index contributed by atoms with van der Waals surface area (Å²) in [5.41, 5.74) is 1.66. The normalized spacial score (nSPS) is 12.5. The number of nitrogens with zero attached hydrogens (tertiary/aromatic N) is 2. The minimum atomic E-state index is -0.207. The second kappa shape index (κ2) is 8.46. The van der Waals surface area contributed by atoms with Crippen LogP contribution in [0.2, 0.25) is 0 Å². The number of para-hydroxylation sites is 1. The van der Waals surface area contributed by atoms with Crippen LogP contribution in [-0.4, -0.2) is 40.6 Å². The third-order valence-corrected chi connectivity index (χ3v) is 6.79. The van der Waals surface area contributed by atoms with Crippen LogP contribution < -0.4 is 10.9 Å². The Morgan fingerprint density at radius 2 is 2.07 bits per heavy atom. The molecular formula is C20H24N4O2S2. The number of amides is 1. The van der Waals surface area contributed by atoms with E-state index in [0.717, 1.165) is 25.9 Å². The molecule has 0 radical (unpaired) electrons. The van der Waals surface area contributed by atoms with Crippen LogP contribution in [0.3, 0.4) is 0 Å². The molecule has 3 rings (SSSR count). The van der Waals surface area contributed by atoms with E-state index < -0.39 is 0 Å². The fraction of sp³-hybridized carbons (Fsp3) is 0.350. The average molecular weight is 417 g/mol. The molecule has 0 fully saturated rings. The SMILES string of the molecule is CSc1ccccc1NC(=O)CN(C)C(C)c1nc2sc(C)c(C)c2c(=O)[nH]1. The highest BCUT2D eigenvalue weighted by molar-refractivity contribution is 7.98. The number of fused-ring (bicyclic) bond motifs is 1. The number of H-pyrrole nitrogens is 1. The maximum Gasteiger partial charge on any atom is 0.259 e. The van der Waals surface area contributed by atoms with E-state index in [1.165, 1.54) is 11.3 Å². The number of likely N-dealkylation sites (N-methyl/N-ethyl adjacent to an activating group) is 1. The zero-order valence-corrected chi connectivity index (χ0v) is 18.3. The Bertz CT molecular complexity index is 1070. The molecule has 28 heavy (non-hydrogen) atoms. The molecule has 0 aliphatic heterocycles. The van der Waals surface area contributed by atoms with Crippen LogP contribution in [0.15, 0.2) is 34.0 Å². The van der Waals surface area contributed by atoms with E-state index in [9.17, 15) is 9.59 Å². The number of aryl methyl sites for hydroxylation is 2. The molecule has 0 saturated heterocycles. The molecular weight excluding hydrogens is 392 g/mol. The lowest BCUT2D eigenvalue weighted by Crippen LogP contribution is -2.33. The van der Waals surface area contributed by atoms with Gasteiger partial charge in [0.25, 0.3) is 5.56 Å². The van der Waals surface area contributed by atoms with Gasteiger partial charge in [0, 0.05) is 9.77 Å². The largest absolute Gasteiger partial charge is 0.324 e. The predicted octanol–water partition coefficient (Wildman–Crippen LogP) is 3.95. The van der Waals surface area contributed by atoms with Gasteiger partial charge in [-0.3, -0.25) is 14.5 Å². The third kappa shape index (κ3) is 4.14. The van der Waals surface area contributed by atoms with E-state index in [0.29, 0.717) is 11.2 Å². The highest BCUT2D eigenvalue weighted by atomic mass is 32.2. The Morgan fingerprint density at radius 1 is 1.36 bits per heavy atom. The summed E-state index contributed by atoms with van der Waals surface area (Å²) in [7, 11) is 1.85. The molecule has 0 aliphatic rings. The Balaban J connectivity index is 1.75. The van der Waals surface area contributed by atoms with Crippen molar-refractivity contribution in [3.63, 3.8) is 0 Å². The van der Waals surface area contributed by atoms with Gasteiger partial charge in [0.2, 0.25) is 5.91 Å². The van der Waals surface area contributed by atoms with Crippen LogP contribution in [0.5, 0.6) is 0 Å². The highest BCUT2D eigenvalue weighted by Crippen LogP contribution is 2.27. The molecule has 1 amide bonds. The van der Waals surface area contributed by atoms with Gasteiger partial charge in [-0.2, -0.15) is 0 Å². The summed E-state index contributed by atoms with van der Waals surface area (Å²) in [6.07, 6.45) is 1.98. The summed E-state index contributed by atoms with van der Waals surface area (Å²) in [5.74, 6) is 0.459. The number of aromatic amines is 1. The number of aromatic nitrogens is 2. The van der Waals surface area contributed by atoms with Crippen molar-refractivity contribution in [3.8, 4) is 0 Å². The van der Waals surface area contributed by atoms with Gasteiger partial charge in [-0.15, -0.1) is 23.1 Å². The number of benzene rings is 1. The molecule has 1 atom stereocenters. The van der Waals surface area contributed by atoms with Crippen LogP contribution in [0, 0.1) is 13.8 Å². The van der Waals surface area contributed by atoms with Crippen molar-refractivity contribution in [2.75, 3.05) is 25.2 Å². The monoisotopic (exact) mass is 416 g/mol. The second-order valence-corrected chi connectivity index (χ2v) is 8.81. The first-order valence-corrected chi connectivity index (χ1v) is 11.0. The van der Waals surface area contributed by atoms with E-state index in [1.54, 1.807) is 11.8 Å². The van der Waals surface area contributed by atoms with Gasteiger partial charge in [-0.25, -0.2) is 4.98 Å². The summed E-state index contributed by atoms with van der Waals surface area (Å²) in [5, 5.41) is 3.62. The number of hydrogen-bond acceptors (Lipinski definition) is 6. The number of thioether (sulfide) groups is 1. The summed E-state index contributed by atoms with van der Waals surface area (Å²) in [6, 6.07) is 7.50. The van der Waals surface area contributed by atoms with Gasteiger partial charge in [-0.05, 0) is 51.8 Å². The molecule has 1 unspecified atom stereocenters. The lowest BCUT2D eigenvalue weighted by atomic mass is 10.2. The van der Waals surface area contributed by atoms with Crippen molar-refractivity contribution in [3.05, 3.63) is 50.9 Å². The highest BCUT2D eigenvalue weighted by Gasteiger charge is 2.20. The van der Waals surface area contributed by atoms with E-state index >= 15 is 0 Å². The first-order valence-electron chi connectivity index (χ1n) is 8.94. The van der Waals surface area contributed by atoms with Gasteiger partial charge < -0.3 is 10.3 Å². The molecule has 8 heteroatoms. The summed E-state index contributed by atoms with van der Waals surface area (Å²) < 4.78 is 0. The van der Waals surface area contributed by atoms with E-state index in [4.69, 9.17) is 0 Å². The number of rotatable bonds is 6. The molecule has 0 aliphatic carbocycles. The molecule has 0 saturated carbocycles. The maximum atomic E-state index is 12.5. The lowest BCUT2D eigenvalue weighted by molar-refractivity contribution is -0.117. The summed E-state index contributed by atoms with van der Waals surface area (Å²) in [4.78, 5) is 37.3. The molecule has 2 aromatic heterocycles. The molecule has 1 aromatic carbocycles. The molecule has 3 aromatic rings. The Morgan fingerprint density at radius 3 is 2.79 bits per heavy atom. The smallest absolute Gasteiger partial charge is 0.259 e. The van der Waals surface area contributed by atoms with Crippen LogP contribution >= 0.6 is 23.1 Å². The van der Waals surface area contributed by atoms with Crippen LogP contribution in [0.25, 0.3) is 10.2 Å². The lowest BCUT2D eigenvalue weighted by Gasteiger charge is -2.23. The Kier molecular flexibility index (Phi) is 6.22. The van der Waals surface area contributed by atoms with Crippen molar-refractivity contribution >= 4 is 44.9 Å². The summed E-state index contributed by atoms with van der Waals surface area (Å²) >= 11 is 3.11. The van der Waals surface area contributed by atoms with Crippen LogP contribution in [0.1, 0.15) is 29.2 Å². The zero-order valence-electron chi connectivity index (χ0n) is 16.6. The van der Waals surface area contributed by atoms with E-state index in [2.05, 4.69) is 15.3 Å². The number of nitrogens with one attached hydrogen (secondary N) is 2. The van der Waals surface area contributed by atoms with Crippen molar-refractivity contribution in [2.45, 2.75) is 31.7 Å². The van der Waals surface area contributed by atoms with Crippen molar-refractivity contribution < 1.29 is 4.79 Å². The average Bonchev–Trinajstić information content (AvgIpc) is 2.95. The van der Waals surface area contributed by atoms with Gasteiger partial charge in [0.1, 0.15) is 10.7 Å². The molecule has 2 N–H and O–H groups in total.